The van der Waals surface area contributed by atoms with Crippen molar-refractivity contribution in [2.75, 3.05) is 0 Å². The molecule has 4 nitrogen and oxygen atoms in total. The molecule has 84 valence electrons. The third-order valence-corrected chi connectivity index (χ3v) is 2.97. The molecule has 16 heavy (non-hydrogen) atoms. The maximum atomic E-state index is 11.5. The Balaban J connectivity index is 2.51. The van der Waals surface area contributed by atoms with Gasteiger partial charge >= 0.3 is 5.69 Å². The molecule has 0 aliphatic rings. The molecular weight excluding hydrogens is 246 g/mol. The van der Waals surface area contributed by atoms with Crippen molar-refractivity contribution in [1.82, 2.24) is 14.8 Å². The van der Waals surface area contributed by atoms with Crippen LogP contribution in [0.3, 0.4) is 0 Å². The lowest BCUT2D eigenvalue weighted by molar-refractivity contribution is 0.609. The molecule has 0 amide bonds. The first-order valence-corrected chi connectivity index (χ1v) is 5.53. The number of rotatable bonds is 2. The van der Waals surface area contributed by atoms with Crippen LogP contribution in [0.4, 0.5) is 0 Å². The van der Waals surface area contributed by atoms with E-state index in [0.29, 0.717) is 9.79 Å². The summed E-state index contributed by atoms with van der Waals surface area (Å²) in [5, 5.41) is 5.70. The van der Waals surface area contributed by atoms with Crippen molar-refractivity contribution < 1.29 is 0 Å². The molecule has 1 heterocycles. The van der Waals surface area contributed by atoms with E-state index in [0.717, 1.165) is 5.56 Å². The molecular formula is C10H10ClN3OS. The Morgan fingerprint density at radius 1 is 1.44 bits per heavy atom. The fraction of sp³-hybridized carbons (Fsp3) is 0.200. The van der Waals surface area contributed by atoms with Crippen molar-refractivity contribution in [2.24, 2.45) is 0 Å². The zero-order valence-electron chi connectivity index (χ0n) is 8.53. The molecule has 0 radical (unpaired) electrons. The van der Waals surface area contributed by atoms with Crippen LogP contribution in [-0.2, 0) is 0 Å². The van der Waals surface area contributed by atoms with Gasteiger partial charge in [-0.1, -0.05) is 23.7 Å². The van der Waals surface area contributed by atoms with E-state index >= 15 is 0 Å². The van der Waals surface area contributed by atoms with E-state index in [4.69, 9.17) is 23.8 Å². The van der Waals surface area contributed by atoms with E-state index < -0.39 is 0 Å². The van der Waals surface area contributed by atoms with Crippen molar-refractivity contribution in [2.45, 2.75) is 13.0 Å². The van der Waals surface area contributed by atoms with E-state index in [1.807, 2.05) is 25.1 Å². The molecule has 1 atom stereocenters. The second-order valence-corrected chi connectivity index (χ2v) is 4.28. The molecule has 0 aliphatic heterocycles. The van der Waals surface area contributed by atoms with Gasteiger partial charge in [-0.25, -0.2) is 9.89 Å². The number of hydrogen-bond donors (Lipinski definition) is 2. The van der Waals surface area contributed by atoms with Crippen LogP contribution in [0, 0.1) is 4.77 Å². The van der Waals surface area contributed by atoms with Gasteiger partial charge in [-0.05, 0) is 36.8 Å². The number of nitrogens with zero attached hydrogens (tertiary/aromatic N) is 1. The molecule has 2 rings (SSSR count). The lowest BCUT2D eigenvalue weighted by Crippen LogP contribution is -2.21. The molecule has 2 N–H and O–H groups in total. The molecule has 0 saturated heterocycles. The maximum absolute atomic E-state index is 11.5. The first kappa shape index (κ1) is 11.2. The molecule has 1 unspecified atom stereocenters. The van der Waals surface area contributed by atoms with E-state index in [-0.39, 0.29) is 11.7 Å². The number of benzene rings is 1. The standard InChI is InChI=1S/C10H10ClN3OS/c1-6(7-3-2-4-8(11)5-7)14-9(15)12-13-10(14)16/h2-6H,1H3,(H,12,15)(H,13,16). The van der Waals surface area contributed by atoms with Crippen LogP contribution in [0.5, 0.6) is 0 Å². The first-order valence-electron chi connectivity index (χ1n) is 4.74. The van der Waals surface area contributed by atoms with Gasteiger partial charge in [-0.2, -0.15) is 0 Å². The van der Waals surface area contributed by atoms with E-state index in [2.05, 4.69) is 10.2 Å². The van der Waals surface area contributed by atoms with Gasteiger partial charge in [0.05, 0.1) is 6.04 Å². The van der Waals surface area contributed by atoms with Crippen LogP contribution in [-0.4, -0.2) is 14.8 Å². The van der Waals surface area contributed by atoms with E-state index in [1.54, 1.807) is 6.07 Å². The van der Waals surface area contributed by atoms with Crippen molar-refractivity contribution >= 4 is 23.8 Å². The number of nitrogens with one attached hydrogen (secondary N) is 2. The molecule has 1 aromatic carbocycles. The highest BCUT2D eigenvalue weighted by molar-refractivity contribution is 7.71. The smallest absolute Gasteiger partial charge is 0.272 e. The summed E-state index contributed by atoms with van der Waals surface area (Å²) >= 11 is 10.9. The molecule has 6 heteroatoms. The average molecular weight is 256 g/mol. The third-order valence-electron chi connectivity index (χ3n) is 2.43. The van der Waals surface area contributed by atoms with E-state index in [9.17, 15) is 4.79 Å². The highest BCUT2D eigenvalue weighted by atomic mass is 35.5. The minimum atomic E-state index is -0.252. The fourth-order valence-corrected chi connectivity index (χ4v) is 2.08. The molecule has 0 bridgehead atoms. The lowest BCUT2D eigenvalue weighted by Gasteiger charge is -2.12. The van der Waals surface area contributed by atoms with Gasteiger partial charge in [0.2, 0.25) is 0 Å². The zero-order valence-corrected chi connectivity index (χ0v) is 10.1. The van der Waals surface area contributed by atoms with Crippen LogP contribution in [0.25, 0.3) is 0 Å². The van der Waals surface area contributed by atoms with Crippen molar-refractivity contribution in [3.8, 4) is 0 Å². The van der Waals surface area contributed by atoms with Crippen LogP contribution < -0.4 is 5.69 Å². The van der Waals surface area contributed by atoms with Crippen LogP contribution >= 0.6 is 23.8 Å². The lowest BCUT2D eigenvalue weighted by atomic mass is 10.1. The summed E-state index contributed by atoms with van der Waals surface area (Å²) < 4.78 is 1.85. The van der Waals surface area contributed by atoms with Gasteiger partial charge in [0.25, 0.3) is 0 Å². The molecule has 0 aliphatic carbocycles. The summed E-state index contributed by atoms with van der Waals surface area (Å²) in [6.45, 7) is 1.89. The Morgan fingerprint density at radius 3 is 2.75 bits per heavy atom. The number of halogens is 1. The highest BCUT2D eigenvalue weighted by Gasteiger charge is 2.11. The molecule has 1 aromatic heterocycles. The summed E-state index contributed by atoms with van der Waals surface area (Å²) in [6, 6.07) is 7.21. The summed E-state index contributed by atoms with van der Waals surface area (Å²) in [4.78, 5) is 11.5. The fourth-order valence-electron chi connectivity index (χ4n) is 1.59. The van der Waals surface area contributed by atoms with Gasteiger partial charge in [0.1, 0.15) is 0 Å². The molecule has 2 aromatic rings. The monoisotopic (exact) mass is 255 g/mol. The number of aromatic amines is 2. The minimum Gasteiger partial charge on any atom is -0.272 e. The van der Waals surface area contributed by atoms with Crippen LogP contribution in [0.15, 0.2) is 29.1 Å². The van der Waals surface area contributed by atoms with Crippen LogP contribution in [0.1, 0.15) is 18.5 Å². The third kappa shape index (κ3) is 1.96. The number of hydrogen-bond acceptors (Lipinski definition) is 2. The Labute approximate surface area is 102 Å². The second-order valence-electron chi connectivity index (χ2n) is 3.46. The summed E-state index contributed by atoms with van der Waals surface area (Å²) in [6.07, 6.45) is 0. The largest absolute Gasteiger partial charge is 0.342 e. The van der Waals surface area contributed by atoms with E-state index in [1.165, 1.54) is 4.57 Å². The quantitative estimate of drug-likeness (QED) is 0.810. The SMILES string of the molecule is CC(c1cccc(Cl)c1)n1c(=O)[nH][nH]c1=S. The predicted octanol–water partition coefficient (Wildman–Crippen LogP) is 2.50. The first-order chi connectivity index (χ1) is 7.59. The Morgan fingerprint density at radius 2 is 2.19 bits per heavy atom. The summed E-state index contributed by atoms with van der Waals surface area (Å²) in [7, 11) is 0. The molecule has 0 saturated carbocycles. The van der Waals surface area contributed by atoms with Gasteiger partial charge in [-0.15, -0.1) is 0 Å². The number of aromatic nitrogens is 3. The zero-order chi connectivity index (χ0) is 11.7. The Kier molecular flexibility index (Phi) is 2.98. The molecule has 0 spiro atoms. The molecule has 0 fully saturated rings. The average Bonchev–Trinajstić information content (AvgIpc) is 2.58. The van der Waals surface area contributed by atoms with Crippen molar-refractivity contribution in [1.29, 1.82) is 0 Å². The predicted molar refractivity (Wildman–Crippen MR) is 65.5 cm³/mol. The Hall–Kier alpha value is -1.33. The highest BCUT2D eigenvalue weighted by Crippen LogP contribution is 2.19. The van der Waals surface area contributed by atoms with Crippen LogP contribution in [0.2, 0.25) is 5.02 Å². The van der Waals surface area contributed by atoms with Gasteiger partial charge in [0.15, 0.2) is 4.77 Å². The van der Waals surface area contributed by atoms with Crippen molar-refractivity contribution in [3.05, 3.63) is 50.1 Å². The summed E-state index contributed by atoms with van der Waals surface area (Å²) in [5.41, 5.74) is 0.686. The Bertz CT molecular complexity index is 585. The normalized spacial score (nSPS) is 12.6. The van der Waals surface area contributed by atoms with Gasteiger partial charge in [0, 0.05) is 5.02 Å². The van der Waals surface area contributed by atoms with Crippen molar-refractivity contribution in [3.63, 3.8) is 0 Å². The summed E-state index contributed by atoms with van der Waals surface area (Å²) in [5.74, 6) is 0. The minimum absolute atomic E-state index is 0.152. The number of H-pyrrole nitrogens is 2. The topological polar surface area (TPSA) is 53.6 Å². The van der Waals surface area contributed by atoms with Gasteiger partial charge < -0.3 is 0 Å². The maximum Gasteiger partial charge on any atom is 0.342 e. The van der Waals surface area contributed by atoms with Gasteiger partial charge in [-0.3, -0.25) is 9.67 Å². The second kappa shape index (κ2) is 4.27.